The van der Waals surface area contributed by atoms with Crippen molar-refractivity contribution in [1.82, 2.24) is 24.8 Å². The highest BCUT2D eigenvalue weighted by Crippen LogP contribution is 2.39. The number of anilines is 1. The van der Waals surface area contributed by atoms with Crippen molar-refractivity contribution in [3.8, 4) is 0 Å². The normalized spacial score (nSPS) is 18.7. The number of hydrogen-bond donors (Lipinski definition) is 2. The number of likely N-dealkylation sites (tertiary alicyclic amines) is 1. The van der Waals surface area contributed by atoms with Gasteiger partial charge in [0.25, 0.3) is 0 Å². The number of fused-ring (bicyclic) bond motifs is 1. The van der Waals surface area contributed by atoms with Gasteiger partial charge in [0.2, 0.25) is 5.91 Å². The van der Waals surface area contributed by atoms with E-state index in [1.807, 2.05) is 45.8 Å². The molecule has 2 aromatic heterocycles. The van der Waals surface area contributed by atoms with Crippen LogP contribution >= 0.6 is 0 Å². The van der Waals surface area contributed by atoms with Gasteiger partial charge in [-0.2, -0.15) is 5.10 Å². The van der Waals surface area contributed by atoms with Crippen LogP contribution in [-0.4, -0.2) is 56.2 Å². The smallest absolute Gasteiger partial charge is 0.408 e. The van der Waals surface area contributed by atoms with Gasteiger partial charge < -0.3 is 20.3 Å². The largest absolute Gasteiger partial charge is 0.444 e. The molecule has 9 heteroatoms. The quantitative estimate of drug-likeness (QED) is 0.458. The third kappa shape index (κ3) is 6.09. The Kier molecular flexibility index (Phi) is 7.27. The van der Waals surface area contributed by atoms with E-state index in [2.05, 4.69) is 23.6 Å². The summed E-state index contributed by atoms with van der Waals surface area (Å²) in [6.45, 7) is 8.31. The van der Waals surface area contributed by atoms with Crippen LogP contribution in [0.2, 0.25) is 0 Å². The first-order chi connectivity index (χ1) is 18.2. The van der Waals surface area contributed by atoms with E-state index in [1.54, 1.807) is 20.8 Å². The summed E-state index contributed by atoms with van der Waals surface area (Å²) in [5.41, 5.74) is 4.06. The molecule has 1 saturated heterocycles. The van der Waals surface area contributed by atoms with Crippen molar-refractivity contribution in [2.45, 2.75) is 83.4 Å². The number of alkyl carbamates (subject to hydrolysis) is 1. The van der Waals surface area contributed by atoms with Crippen LogP contribution in [0, 0.1) is 6.92 Å². The van der Waals surface area contributed by atoms with Gasteiger partial charge in [-0.3, -0.25) is 4.79 Å². The van der Waals surface area contributed by atoms with E-state index < -0.39 is 17.7 Å². The molecule has 202 valence electrons. The molecule has 1 saturated carbocycles. The molecule has 2 unspecified atom stereocenters. The molecule has 1 aliphatic carbocycles. The average Bonchev–Trinajstić information content (AvgIpc) is 3.64. The Labute approximate surface area is 224 Å². The zero-order valence-corrected chi connectivity index (χ0v) is 22.7. The fourth-order valence-corrected chi connectivity index (χ4v) is 5.05. The molecule has 2 fully saturated rings. The van der Waals surface area contributed by atoms with E-state index in [9.17, 15) is 9.59 Å². The number of aryl methyl sites for hydroxylation is 1. The fraction of sp³-hybridized carbons (Fsp3) is 0.517. The first kappa shape index (κ1) is 26.0. The third-order valence-corrected chi connectivity index (χ3v) is 7.04. The molecule has 1 aliphatic heterocycles. The lowest BCUT2D eigenvalue weighted by Gasteiger charge is -2.37. The maximum Gasteiger partial charge on any atom is 0.408 e. The second-order valence-corrected chi connectivity index (χ2v) is 11.4. The monoisotopic (exact) mass is 518 g/mol. The number of carbonyl (C=O) groups excluding carboxylic acids is 2. The number of nitrogens with zero attached hydrogens (tertiary/aromatic N) is 4. The maximum absolute atomic E-state index is 14.0. The first-order valence-corrected chi connectivity index (χ1v) is 13.6. The number of carbonyl (C=O) groups is 2. The Morgan fingerprint density at radius 3 is 2.55 bits per heavy atom. The molecule has 5 rings (SSSR count). The van der Waals surface area contributed by atoms with Crippen molar-refractivity contribution in [2.75, 3.05) is 18.4 Å². The molecule has 2 aliphatic rings. The number of aromatic nitrogens is 3. The highest BCUT2D eigenvalue weighted by molar-refractivity contribution is 5.87. The SMILES string of the molecule is Cc1cc(C2CC2)nc2cc(C3CCCCN3C(=O)C(CNc3ccccc3)NC(=O)OC(C)(C)C)nn12. The highest BCUT2D eigenvalue weighted by Gasteiger charge is 2.35. The summed E-state index contributed by atoms with van der Waals surface area (Å²) in [5.74, 6) is 0.408. The minimum Gasteiger partial charge on any atom is -0.444 e. The van der Waals surface area contributed by atoms with Gasteiger partial charge in [0.15, 0.2) is 5.65 Å². The number of para-hydroxylation sites is 1. The number of hydrogen-bond acceptors (Lipinski definition) is 6. The highest BCUT2D eigenvalue weighted by atomic mass is 16.6. The van der Waals surface area contributed by atoms with Crippen molar-refractivity contribution in [2.24, 2.45) is 0 Å². The number of piperidine rings is 1. The van der Waals surface area contributed by atoms with Gasteiger partial charge in [-0.15, -0.1) is 0 Å². The molecule has 3 aromatic rings. The van der Waals surface area contributed by atoms with Crippen LogP contribution in [0.4, 0.5) is 10.5 Å². The second-order valence-electron chi connectivity index (χ2n) is 11.4. The molecular formula is C29H38N6O3. The van der Waals surface area contributed by atoms with E-state index in [-0.39, 0.29) is 18.5 Å². The minimum atomic E-state index is -0.802. The van der Waals surface area contributed by atoms with E-state index in [1.165, 1.54) is 12.8 Å². The minimum absolute atomic E-state index is 0.149. The van der Waals surface area contributed by atoms with E-state index in [0.717, 1.165) is 47.7 Å². The number of benzene rings is 1. The zero-order valence-electron chi connectivity index (χ0n) is 22.7. The lowest BCUT2D eigenvalue weighted by atomic mass is 9.98. The van der Waals surface area contributed by atoms with E-state index in [4.69, 9.17) is 14.8 Å². The lowest BCUT2D eigenvalue weighted by molar-refractivity contribution is -0.137. The van der Waals surface area contributed by atoms with Crippen molar-refractivity contribution >= 4 is 23.3 Å². The third-order valence-electron chi connectivity index (χ3n) is 7.04. The molecule has 1 aromatic carbocycles. The summed E-state index contributed by atoms with van der Waals surface area (Å²) >= 11 is 0. The van der Waals surface area contributed by atoms with Crippen LogP contribution < -0.4 is 10.6 Å². The lowest BCUT2D eigenvalue weighted by Crippen LogP contribution is -2.54. The van der Waals surface area contributed by atoms with E-state index in [0.29, 0.717) is 12.5 Å². The maximum atomic E-state index is 14.0. The summed E-state index contributed by atoms with van der Waals surface area (Å²) in [6, 6.07) is 12.8. The first-order valence-electron chi connectivity index (χ1n) is 13.6. The van der Waals surface area contributed by atoms with Crippen LogP contribution in [0.15, 0.2) is 42.5 Å². The van der Waals surface area contributed by atoms with Crippen LogP contribution in [0.3, 0.4) is 0 Å². The number of nitrogens with one attached hydrogen (secondary N) is 2. The average molecular weight is 519 g/mol. The van der Waals surface area contributed by atoms with Gasteiger partial charge in [-0.05, 0) is 78.0 Å². The second kappa shape index (κ2) is 10.6. The standard InChI is InChI=1S/C29H38N6O3/c1-19-16-22(20-13-14-20)31-26-17-23(33-35(19)26)25-12-8-9-15-34(25)27(36)24(32-28(37)38-29(2,3)4)18-30-21-10-6-5-7-11-21/h5-7,10-11,16-17,20,24-25,30H,8-9,12-15,18H2,1-4H3,(H,32,37). The molecule has 0 bridgehead atoms. The topological polar surface area (TPSA) is 101 Å². The van der Waals surface area contributed by atoms with Gasteiger partial charge in [0.05, 0.1) is 11.7 Å². The molecule has 3 heterocycles. The molecule has 2 atom stereocenters. The van der Waals surface area contributed by atoms with Gasteiger partial charge in [0.1, 0.15) is 11.6 Å². The zero-order chi connectivity index (χ0) is 26.9. The summed E-state index contributed by atoms with van der Waals surface area (Å²) in [4.78, 5) is 33.5. The van der Waals surface area contributed by atoms with Crippen molar-refractivity contribution in [3.05, 3.63) is 59.5 Å². The van der Waals surface area contributed by atoms with E-state index >= 15 is 0 Å². The summed E-state index contributed by atoms with van der Waals surface area (Å²) in [6.07, 6.45) is 4.50. The summed E-state index contributed by atoms with van der Waals surface area (Å²) in [5, 5.41) is 11.0. The molecule has 9 nitrogen and oxygen atoms in total. The predicted molar refractivity (Wildman–Crippen MR) is 146 cm³/mol. The van der Waals surface area contributed by atoms with Crippen LogP contribution in [-0.2, 0) is 9.53 Å². The number of ether oxygens (including phenoxy) is 1. The number of rotatable bonds is 7. The summed E-state index contributed by atoms with van der Waals surface area (Å²) < 4.78 is 7.37. The molecule has 2 amide bonds. The van der Waals surface area contributed by atoms with Crippen molar-refractivity contribution in [3.63, 3.8) is 0 Å². The predicted octanol–water partition coefficient (Wildman–Crippen LogP) is 4.97. The number of amides is 2. The molecule has 38 heavy (non-hydrogen) atoms. The van der Waals surface area contributed by atoms with Gasteiger partial charge >= 0.3 is 6.09 Å². The Hall–Kier alpha value is -3.62. The Morgan fingerprint density at radius 2 is 1.84 bits per heavy atom. The molecule has 2 N–H and O–H groups in total. The Morgan fingerprint density at radius 1 is 1.08 bits per heavy atom. The Balaban J connectivity index is 1.39. The summed E-state index contributed by atoms with van der Waals surface area (Å²) in [7, 11) is 0. The molecule has 0 radical (unpaired) electrons. The fourth-order valence-electron chi connectivity index (χ4n) is 5.05. The Bertz CT molecular complexity index is 1290. The van der Waals surface area contributed by atoms with Crippen LogP contribution in [0.25, 0.3) is 5.65 Å². The van der Waals surface area contributed by atoms with Gasteiger partial charge in [0, 0.05) is 42.1 Å². The van der Waals surface area contributed by atoms with Crippen molar-refractivity contribution in [1.29, 1.82) is 0 Å². The van der Waals surface area contributed by atoms with Crippen molar-refractivity contribution < 1.29 is 14.3 Å². The van der Waals surface area contributed by atoms with Crippen LogP contribution in [0.1, 0.15) is 81.9 Å². The molecular weight excluding hydrogens is 480 g/mol. The van der Waals surface area contributed by atoms with Gasteiger partial charge in [-0.1, -0.05) is 18.2 Å². The van der Waals surface area contributed by atoms with Crippen LogP contribution in [0.5, 0.6) is 0 Å². The molecule has 0 spiro atoms. The van der Waals surface area contributed by atoms with Gasteiger partial charge in [-0.25, -0.2) is 14.3 Å².